The molecule has 2 aromatic rings. The normalized spacial score (nSPS) is 16.9. The van der Waals surface area contributed by atoms with Gasteiger partial charge >= 0.3 is 0 Å². The summed E-state index contributed by atoms with van der Waals surface area (Å²) in [6.45, 7) is 6.37. The first-order valence-corrected chi connectivity index (χ1v) is 10.3. The van der Waals surface area contributed by atoms with Gasteiger partial charge in [0.15, 0.2) is 0 Å². The highest BCUT2D eigenvalue weighted by molar-refractivity contribution is 5.99. The average Bonchev–Trinajstić information content (AvgIpc) is 3.18. The summed E-state index contributed by atoms with van der Waals surface area (Å²) in [5.41, 5.74) is 2.41. The van der Waals surface area contributed by atoms with Crippen LogP contribution in [0.4, 0.5) is 5.69 Å². The third-order valence-corrected chi connectivity index (χ3v) is 5.33. The number of carbonyl (C=O) groups excluding carboxylic acids is 3. The van der Waals surface area contributed by atoms with E-state index in [-0.39, 0.29) is 23.1 Å². The lowest BCUT2D eigenvalue weighted by atomic mass is 9.87. The van der Waals surface area contributed by atoms with Crippen LogP contribution in [-0.2, 0) is 19.8 Å². The minimum atomic E-state index is -0.918. The summed E-state index contributed by atoms with van der Waals surface area (Å²) in [6, 6.07) is 13.0. The van der Waals surface area contributed by atoms with Crippen LogP contribution in [0.25, 0.3) is 0 Å². The zero-order chi connectivity index (χ0) is 22.6. The summed E-state index contributed by atoms with van der Waals surface area (Å²) >= 11 is 0. The van der Waals surface area contributed by atoms with Gasteiger partial charge in [-0.1, -0.05) is 45.0 Å². The lowest BCUT2D eigenvalue weighted by Gasteiger charge is -2.22. The number of hydrogen-bond donors (Lipinski definition) is 3. The third kappa shape index (κ3) is 5.63. The van der Waals surface area contributed by atoms with E-state index in [0.717, 1.165) is 5.56 Å². The molecule has 1 fully saturated rings. The molecule has 31 heavy (non-hydrogen) atoms. The first-order valence-electron chi connectivity index (χ1n) is 10.3. The van der Waals surface area contributed by atoms with Gasteiger partial charge in [-0.25, -0.2) is 0 Å². The molecule has 1 saturated heterocycles. The predicted molar refractivity (Wildman–Crippen MR) is 119 cm³/mol. The van der Waals surface area contributed by atoms with Gasteiger partial charge in [0.2, 0.25) is 11.8 Å². The van der Waals surface area contributed by atoms with E-state index < -0.39 is 12.1 Å². The van der Waals surface area contributed by atoms with Crippen molar-refractivity contribution in [2.45, 2.75) is 51.1 Å². The molecule has 2 aromatic carbocycles. The molecular formula is C24H29N3O4. The Bertz CT molecular complexity index is 946. The van der Waals surface area contributed by atoms with Gasteiger partial charge in [-0.15, -0.1) is 0 Å². The lowest BCUT2D eigenvalue weighted by molar-refractivity contribution is -0.128. The second-order valence-electron chi connectivity index (χ2n) is 8.69. The molecule has 1 heterocycles. The fourth-order valence-corrected chi connectivity index (χ4v) is 3.42. The molecule has 3 rings (SSSR count). The Balaban J connectivity index is 1.79. The Morgan fingerprint density at radius 1 is 1.06 bits per heavy atom. The lowest BCUT2D eigenvalue weighted by Crippen LogP contribution is -2.46. The van der Waals surface area contributed by atoms with Crippen LogP contribution in [0.5, 0.6) is 5.75 Å². The van der Waals surface area contributed by atoms with Crippen molar-refractivity contribution in [2.75, 3.05) is 12.4 Å². The maximum Gasteiger partial charge on any atom is 0.251 e. The van der Waals surface area contributed by atoms with E-state index in [0.29, 0.717) is 29.8 Å². The standard InChI is InChI=1S/C24H29N3O4/c1-24(2,3)16-7-9-17(10-8-16)25-23(30)21(15-5-11-18(31-4)12-6-15)27-22(29)19-13-14-20(28)26-19/h5-12,19,21H,13-14H2,1-4H3,(H,25,30)(H,26,28)(H,27,29). The molecule has 0 aromatic heterocycles. The first-order chi connectivity index (χ1) is 14.7. The predicted octanol–water partition coefficient (Wildman–Crippen LogP) is 3.07. The Morgan fingerprint density at radius 3 is 2.23 bits per heavy atom. The van der Waals surface area contributed by atoms with E-state index in [1.165, 1.54) is 0 Å². The van der Waals surface area contributed by atoms with Crippen LogP contribution in [0, 0.1) is 0 Å². The Morgan fingerprint density at radius 2 is 1.71 bits per heavy atom. The highest BCUT2D eigenvalue weighted by Crippen LogP contribution is 2.25. The molecular weight excluding hydrogens is 394 g/mol. The molecule has 7 nitrogen and oxygen atoms in total. The van der Waals surface area contributed by atoms with Crippen molar-refractivity contribution in [3.8, 4) is 5.75 Å². The molecule has 1 aliphatic rings. The maximum atomic E-state index is 13.1. The van der Waals surface area contributed by atoms with E-state index >= 15 is 0 Å². The molecule has 0 saturated carbocycles. The van der Waals surface area contributed by atoms with Crippen molar-refractivity contribution in [3.05, 3.63) is 59.7 Å². The molecule has 7 heteroatoms. The van der Waals surface area contributed by atoms with Gasteiger partial charge in [0.25, 0.3) is 5.91 Å². The van der Waals surface area contributed by atoms with E-state index in [4.69, 9.17) is 4.74 Å². The van der Waals surface area contributed by atoms with Gasteiger partial charge in [0, 0.05) is 12.1 Å². The van der Waals surface area contributed by atoms with Crippen molar-refractivity contribution in [1.29, 1.82) is 0 Å². The number of methoxy groups -OCH3 is 1. The summed E-state index contributed by atoms with van der Waals surface area (Å²) in [5.74, 6) is -0.268. The highest BCUT2D eigenvalue weighted by Gasteiger charge is 2.31. The molecule has 2 unspecified atom stereocenters. The van der Waals surface area contributed by atoms with Crippen molar-refractivity contribution < 1.29 is 19.1 Å². The minimum Gasteiger partial charge on any atom is -0.497 e. The SMILES string of the molecule is COc1ccc(C(NC(=O)C2CCC(=O)N2)C(=O)Nc2ccc(C(C)(C)C)cc2)cc1. The molecule has 0 spiro atoms. The Kier molecular flexibility index (Phi) is 6.63. The number of benzene rings is 2. The van der Waals surface area contributed by atoms with E-state index in [9.17, 15) is 14.4 Å². The number of rotatable bonds is 6. The van der Waals surface area contributed by atoms with Crippen LogP contribution in [-0.4, -0.2) is 30.9 Å². The summed E-state index contributed by atoms with van der Waals surface area (Å²) in [5, 5.41) is 8.30. The number of nitrogens with one attached hydrogen (secondary N) is 3. The number of ether oxygens (including phenoxy) is 1. The van der Waals surface area contributed by atoms with Gasteiger partial charge in [0.05, 0.1) is 7.11 Å². The molecule has 3 N–H and O–H groups in total. The monoisotopic (exact) mass is 423 g/mol. The van der Waals surface area contributed by atoms with Crippen LogP contribution < -0.4 is 20.7 Å². The average molecular weight is 424 g/mol. The van der Waals surface area contributed by atoms with Crippen LogP contribution in [0.15, 0.2) is 48.5 Å². The van der Waals surface area contributed by atoms with Crippen LogP contribution >= 0.6 is 0 Å². The summed E-state index contributed by atoms with van der Waals surface area (Å²) in [4.78, 5) is 37.3. The zero-order valence-electron chi connectivity index (χ0n) is 18.3. The van der Waals surface area contributed by atoms with Gasteiger partial charge < -0.3 is 20.7 Å². The van der Waals surface area contributed by atoms with Gasteiger partial charge in [0.1, 0.15) is 17.8 Å². The van der Waals surface area contributed by atoms with Crippen molar-refractivity contribution in [2.24, 2.45) is 0 Å². The smallest absolute Gasteiger partial charge is 0.251 e. The topological polar surface area (TPSA) is 96.5 Å². The number of amides is 3. The van der Waals surface area contributed by atoms with Crippen LogP contribution in [0.3, 0.4) is 0 Å². The zero-order valence-corrected chi connectivity index (χ0v) is 18.3. The Labute approximate surface area is 182 Å². The van der Waals surface area contributed by atoms with E-state index in [1.807, 2.05) is 24.3 Å². The van der Waals surface area contributed by atoms with Crippen molar-refractivity contribution >= 4 is 23.4 Å². The number of anilines is 1. The van der Waals surface area contributed by atoms with E-state index in [2.05, 4.69) is 36.7 Å². The molecule has 164 valence electrons. The molecule has 0 aliphatic carbocycles. The number of carbonyl (C=O) groups is 3. The molecule has 2 atom stereocenters. The quantitative estimate of drug-likeness (QED) is 0.665. The molecule has 0 radical (unpaired) electrons. The first kappa shape index (κ1) is 22.3. The molecule has 0 bridgehead atoms. The largest absolute Gasteiger partial charge is 0.497 e. The highest BCUT2D eigenvalue weighted by atomic mass is 16.5. The number of hydrogen-bond acceptors (Lipinski definition) is 4. The summed E-state index contributed by atoms with van der Waals surface area (Å²) in [7, 11) is 1.56. The molecule has 3 amide bonds. The van der Waals surface area contributed by atoms with Crippen LogP contribution in [0.2, 0.25) is 0 Å². The fraction of sp³-hybridized carbons (Fsp3) is 0.375. The van der Waals surface area contributed by atoms with Crippen LogP contribution in [0.1, 0.15) is 50.8 Å². The maximum absolute atomic E-state index is 13.1. The fourth-order valence-electron chi connectivity index (χ4n) is 3.42. The molecule has 1 aliphatic heterocycles. The van der Waals surface area contributed by atoms with Crippen molar-refractivity contribution in [1.82, 2.24) is 10.6 Å². The summed E-state index contributed by atoms with van der Waals surface area (Å²) in [6.07, 6.45) is 0.716. The third-order valence-electron chi connectivity index (χ3n) is 5.33. The van der Waals surface area contributed by atoms with Gasteiger partial charge in [-0.05, 0) is 47.2 Å². The summed E-state index contributed by atoms with van der Waals surface area (Å²) < 4.78 is 5.18. The minimum absolute atomic E-state index is 0.00780. The van der Waals surface area contributed by atoms with Crippen molar-refractivity contribution in [3.63, 3.8) is 0 Å². The van der Waals surface area contributed by atoms with E-state index in [1.54, 1.807) is 31.4 Å². The Hall–Kier alpha value is -3.35. The second kappa shape index (κ2) is 9.20. The van der Waals surface area contributed by atoms with Gasteiger partial charge in [-0.3, -0.25) is 14.4 Å². The van der Waals surface area contributed by atoms with Gasteiger partial charge in [-0.2, -0.15) is 0 Å². The second-order valence-corrected chi connectivity index (χ2v) is 8.69.